The van der Waals surface area contributed by atoms with Gasteiger partial charge in [0, 0.05) is 16.5 Å². The van der Waals surface area contributed by atoms with Crippen LogP contribution in [-0.4, -0.2) is 23.7 Å². The number of fused-ring (bicyclic) bond motifs is 3. The molecule has 1 N–H and O–H groups in total. The monoisotopic (exact) mass is 387 g/mol. The molecule has 1 aromatic carbocycles. The molecule has 1 aromatic heterocycles. The van der Waals surface area contributed by atoms with Gasteiger partial charge in [-0.2, -0.15) is 0 Å². The van der Waals surface area contributed by atoms with Crippen LogP contribution in [-0.2, 0) is 22.4 Å². The summed E-state index contributed by atoms with van der Waals surface area (Å²) >= 11 is 0. The van der Waals surface area contributed by atoms with Crippen molar-refractivity contribution < 1.29 is 23.5 Å². The Labute approximate surface area is 163 Å². The van der Waals surface area contributed by atoms with E-state index >= 15 is 0 Å². The first-order valence-electron chi connectivity index (χ1n) is 9.36. The van der Waals surface area contributed by atoms with E-state index in [9.17, 15) is 14.4 Å². The lowest BCUT2D eigenvalue weighted by atomic mass is 10.0. The van der Waals surface area contributed by atoms with E-state index in [0.29, 0.717) is 11.1 Å². The fourth-order valence-corrected chi connectivity index (χ4v) is 3.31. The lowest BCUT2D eigenvalue weighted by Crippen LogP contribution is -2.43. The number of amides is 1. The maximum atomic E-state index is 12.4. The van der Waals surface area contributed by atoms with Crippen LogP contribution in [0.25, 0.3) is 11.0 Å². The number of ether oxygens (including phenoxy) is 2. The van der Waals surface area contributed by atoms with Crippen molar-refractivity contribution in [2.24, 2.45) is 0 Å². The standard InChI is InChI=1S/C21H25NO6/c1-11-16(26-18(23)12(2)22-20(25)28-21(3,4)5)10-9-14-13-7-6-8-15(13)19(24)27-17(11)14/h9-10,12H,6-8H2,1-5H3,(H,22,25)/t12-/m0/s1. The average Bonchev–Trinajstić information content (AvgIpc) is 3.06. The maximum Gasteiger partial charge on any atom is 0.408 e. The summed E-state index contributed by atoms with van der Waals surface area (Å²) in [5.74, 6) is -0.353. The van der Waals surface area contributed by atoms with Crippen molar-refractivity contribution in [1.29, 1.82) is 0 Å². The van der Waals surface area contributed by atoms with Crippen LogP contribution in [0.15, 0.2) is 21.3 Å². The van der Waals surface area contributed by atoms with Crippen molar-refractivity contribution in [3.05, 3.63) is 39.2 Å². The molecule has 3 rings (SSSR count). The van der Waals surface area contributed by atoms with Crippen molar-refractivity contribution >= 4 is 23.0 Å². The second kappa shape index (κ2) is 7.30. The zero-order valence-corrected chi connectivity index (χ0v) is 16.8. The van der Waals surface area contributed by atoms with Crippen LogP contribution in [0.2, 0.25) is 0 Å². The number of carbonyl (C=O) groups excluding carboxylic acids is 2. The van der Waals surface area contributed by atoms with Gasteiger partial charge in [0.2, 0.25) is 0 Å². The number of hydrogen-bond donors (Lipinski definition) is 1. The van der Waals surface area contributed by atoms with Crippen LogP contribution < -0.4 is 15.7 Å². The molecular weight excluding hydrogens is 362 g/mol. The number of hydrogen-bond acceptors (Lipinski definition) is 6. The third kappa shape index (κ3) is 4.03. The zero-order chi connectivity index (χ0) is 20.6. The second-order valence-electron chi connectivity index (χ2n) is 8.05. The molecule has 0 spiro atoms. The van der Waals surface area contributed by atoms with Crippen molar-refractivity contribution in [1.82, 2.24) is 5.32 Å². The molecule has 0 aliphatic heterocycles. The lowest BCUT2D eigenvalue weighted by molar-refractivity contribution is -0.136. The number of benzene rings is 1. The lowest BCUT2D eigenvalue weighted by Gasteiger charge is -2.21. The topological polar surface area (TPSA) is 94.8 Å². The smallest absolute Gasteiger partial charge is 0.408 e. The molecule has 1 aliphatic rings. The summed E-state index contributed by atoms with van der Waals surface area (Å²) in [6.45, 7) is 8.45. The molecule has 2 aromatic rings. The molecule has 7 nitrogen and oxygen atoms in total. The molecule has 0 bridgehead atoms. The zero-order valence-electron chi connectivity index (χ0n) is 16.8. The molecule has 0 unspecified atom stereocenters. The Hall–Kier alpha value is -2.83. The molecule has 7 heteroatoms. The van der Waals surface area contributed by atoms with E-state index in [1.807, 2.05) is 6.07 Å². The van der Waals surface area contributed by atoms with Gasteiger partial charge in [-0.05, 0) is 71.6 Å². The van der Waals surface area contributed by atoms with Gasteiger partial charge in [-0.3, -0.25) is 0 Å². The highest BCUT2D eigenvalue weighted by Gasteiger charge is 2.25. The first-order chi connectivity index (χ1) is 13.1. The SMILES string of the molecule is Cc1c(OC(=O)[C@H](C)NC(=O)OC(C)(C)C)ccc2c3c(c(=O)oc12)CCC3. The van der Waals surface area contributed by atoms with Gasteiger partial charge in [0.1, 0.15) is 23.0 Å². The van der Waals surface area contributed by atoms with E-state index in [2.05, 4.69) is 5.32 Å². The van der Waals surface area contributed by atoms with Crippen LogP contribution in [0.1, 0.15) is 50.8 Å². The highest BCUT2D eigenvalue weighted by atomic mass is 16.6. The van der Waals surface area contributed by atoms with Gasteiger partial charge in [0.15, 0.2) is 0 Å². The maximum absolute atomic E-state index is 12.4. The molecule has 1 amide bonds. The second-order valence-corrected chi connectivity index (χ2v) is 8.05. The molecule has 0 radical (unpaired) electrons. The van der Waals surface area contributed by atoms with Crippen molar-refractivity contribution in [3.8, 4) is 5.75 Å². The predicted molar refractivity (Wildman–Crippen MR) is 104 cm³/mol. The molecule has 0 fully saturated rings. The number of rotatable bonds is 3. The number of esters is 1. The fraction of sp³-hybridized carbons (Fsp3) is 0.476. The first kappa shape index (κ1) is 19.9. The first-order valence-corrected chi connectivity index (χ1v) is 9.36. The van der Waals surface area contributed by atoms with Crippen molar-refractivity contribution in [2.75, 3.05) is 0 Å². The minimum Gasteiger partial charge on any atom is -0.444 e. The van der Waals surface area contributed by atoms with Gasteiger partial charge in [-0.1, -0.05) is 0 Å². The summed E-state index contributed by atoms with van der Waals surface area (Å²) in [6, 6.07) is 2.59. The minimum atomic E-state index is -0.906. The van der Waals surface area contributed by atoms with E-state index in [0.717, 1.165) is 35.8 Å². The highest BCUT2D eigenvalue weighted by Crippen LogP contribution is 2.33. The number of alkyl carbamates (subject to hydrolysis) is 1. The van der Waals surface area contributed by atoms with E-state index in [1.165, 1.54) is 6.92 Å². The largest absolute Gasteiger partial charge is 0.444 e. The van der Waals surface area contributed by atoms with Crippen LogP contribution in [0.3, 0.4) is 0 Å². The Balaban J connectivity index is 1.80. The average molecular weight is 387 g/mol. The van der Waals surface area contributed by atoms with E-state index in [4.69, 9.17) is 13.9 Å². The van der Waals surface area contributed by atoms with Gasteiger partial charge in [0.05, 0.1) is 0 Å². The molecular formula is C21H25NO6. The third-order valence-corrected chi connectivity index (χ3v) is 4.64. The van der Waals surface area contributed by atoms with Crippen LogP contribution in [0.4, 0.5) is 4.79 Å². The summed E-state index contributed by atoms with van der Waals surface area (Å²) < 4.78 is 16.1. The Morgan fingerprint density at radius 2 is 1.86 bits per heavy atom. The quantitative estimate of drug-likeness (QED) is 0.493. The molecule has 28 heavy (non-hydrogen) atoms. The molecule has 1 atom stereocenters. The highest BCUT2D eigenvalue weighted by molar-refractivity contribution is 5.88. The third-order valence-electron chi connectivity index (χ3n) is 4.64. The Bertz CT molecular complexity index is 999. The summed E-state index contributed by atoms with van der Waals surface area (Å²) in [5, 5.41) is 3.33. The minimum absolute atomic E-state index is 0.288. The van der Waals surface area contributed by atoms with Gasteiger partial charge >= 0.3 is 17.7 Å². The van der Waals surface area contributed by atoms with Crippen molar-refractivity contribution in [3.63, 3.8) is 0 Å². The summed E-state index contributed by atoms with van der Waals surface area (Å²) in [5.41, 5.74) is 1.77. The Kier molecular flexibility index (Phi) is 5.19. The Morgan fingerprint density at radius 1 is 1.18 bits per heavy atom. The van der Waals surface area contributed by atoms with Gasteiger partial charge in [-0.25, -0.2) is 14.4 Å². The predicted octanol–water partition coefficient (Wildman–Crippen LogP) is 3.41. The molecule has 0 saturated carbocycles. The Morgan fingerprint density at radius 3 is 2.54 bits per heavy atom. The van der Waals surface area contributed by atoms with Gasteiger partial charge < -0.3 is 19.2 Å². The summed E-state index contributed by atoms with van der Waals surface area (Å²) in [7, 11) is 0. The van der Waals surface area contributed by atoms with Gasteiger partial charge in [-0.15, -0.1) is 0 Å². The number of nitrogens with one attached hydrogen (secondary N) is 1. The van der Waals surface area contributed by atoms with E-state index in [1.54, 1.807) is 33.8 Å². The molecule has 0 saturated heterocycles. The summed E-state index contributed by atoms with van der Waals surface area (Å²) in [6.07, 6.45) is 1.81. The van der Waals surface area contributed by atoms with E-state index < -0.39 is 23.7 Å². The van der Waals surface area contributed by atoms with Crippen molar-refractivity contribution in [2.45, 2.75) is 65.5 Å². The summed E-state index contributed by atoms with van der Waals surface area (Å²) in [4.78, 5) is 36.4. The van der Waals surface area contributed by atoms with E-state index in [-0.39, 0.29) is 11.4 Å². The number of aryl methyl sites for hydroxylation is 2. The number of carbonyl (C=O) groups is 2. The molecule has 1 aliphatic carbocycles. The fourth-order valence-electron chi connectivity index (χ4n) is 3.31. The van der Waals surface area contributed by atoms with Crippen LogP contribution >= 0.6 is 0 Å². The van der Waals surface area contributed by atoms with Gasteiger partial charge in [0.25, 0.3) is 0 Å². The van der Waals surface area contributed by atoms with Crippen LogP contribution in [0.5, 0.6) is 5.75 Å². The molecule has 1 heterocycles. The normalized spacial score (nSPS) is 14.5. The molecule has 150 valence electrons. The van der Waals surface area contributed by atoms with Crippen LogP contribution in [0, 0.1) is 6.92 Å².